The first kappa shape index (κ1) is 16.5. The highest BCUT2D eigenvalue weighted by molar-refractivity contribution is 6.30. The Morgan fingerprint density at radius 1 is 1.00 bits per heavy atom. The molecule has 1 saturated heterocycles. The summed E-state index contributed by atoms with van der Waals surface area (Å²) in [6.07, 6.45) is 4.11. The molecule has 1 aromatic rings. The summed E-state index contributed by atoms with van der Waals surface area (Å²) >= 11 is 5.84. The fraction of sp³-hybridized carbons (Fsp3) is 0.429. The molecule has 1 aliphatic rings. The Labute approximate surface area is 122 Å². The van der Waals surface area contributed by atoms with Crippen LogP contribution in [0, 0.1) is 0 Å². The number of rotatable bonds is 2. The first-order valence-electron chi connectivity index (χ1n) is 6.42. The van der Waals surface area contributed by atoms with Crippen LogP contribution in [0.25, 0.3) is 0 Å². The van der Waals surface area contributed by atoms with Crippen LogP contribution in [-0.2, 0) is 16.1 Å². The van der Waals surface area contributed by atoms with Crippen LogP contribution in [-0.4, -0.2) is 40.1 Å². The number of carbonyl (C=O) groups is 2. The van der Waals surface area contributed by atoms with Crippen molar-refractivity contribution in [3.63, 3.8) is 0 Å². The average molecular weight is 300 g/mol. The monoisotopic (exact) mass is 299 g/mol. The Bertz CT molecular complexity index is 429. The summed E-state index contributed by atoms with van der Waals surface area (Å²) in [6.45, 7) is 3.59. The van der Waals surface area contributed by atoms with E-state index >= 15 is 0 Å². The van der Waals surface area contributed by atoms with Gasteiger partial charge in [-0.3, -0.25) is 4.90 Å². The lowest BCUT2D eigenvalue weighted by Gasteiger charge is -2.26. The molecule has 0 saturated carbocycles. The maximum Gasteiger partial charge on any atom is 0.414 e. The summed E-state index contributed by atoms with van der Waals surface area (Å²) in [5.41, 5.74) is 1.37. The van der Waals surface area contributed by atoms with Gasteiger partial charge in [-0.2, -0.15) is 0 Å². The standard InChI is InChI=1S/C12H16ClN.C2H2O4/c13-12-6-4-11(5-7-12)10-14-8-2-1-3-9-14;3-1(4)2(5)6/h4-7H,1-3,8-10H2;(H,3,4)(H,5,6). The van der Waals surface area contributed by atoms with Crippen LogP contribution in [0.2, 0.25) is 5.02 Å². The van der Waals surface area contributed by atoms with Crippen LogP contribution < -0.4 is 0 Å². The number of hydrogen-bond donors (Lipinski definition) is 2. The van der Waals surface area contributed by atoms with E-state index in [0.29, 0.717) is 0 Å². The van der Waals surface area contributed by atoms with Crippen molar-refractivity contribution in [3.8, 4) is 0 Å². The number of likely N-dealkylation sites (tertiary alicyclic amines) is 1. The van der Waals surface area contributed by atoms with Crippen molar-refractivity contribution in [2.75, 3.05) is 13.1 Å². The molecule has 6 heteroatoms. The van der Waals surface area contributed by atoms with Gasteiger partial charge in [0, 0.05) is 11.6 Å². The topological polar surface area (TPSA) is 77.8 Å². The number of aliphatic carboxylic acids is 2. The van der Waals surface area contributed by atoms with Gasteiger partial charge in [-0.1, -0.05) is 30.2 Å². The van der Waals surface area contributed by atoms with Gasteiger partial charge >= 0.3 is 11.9 Å². The molecule has 5 nitrogen and oxygen atoms in total. The molecular formula is C14H18ClNO4. The Balaban J connectivity index is 0.000000286. The molecule has 0 radical (unpaired) electrons. The zero-order valence-electron chi connectivity index (χ0n) is 11.1. The molecule has 20 heavy (non-hydrogen) atoms. The van der Waals surface area contributed by atoms with Crippen molar-refractivity contribution in [1.82, 2.24) is 4.90 Å². The molecule has 0 aliphatic carbocycles. The van der Waals surface area contributed by atoms with Crippen molar-refractivity contribution in [1.29, 1.82) is 0 Å². The molecule has 0 unspecified atom stereocenters. The van der Waals surface area contributed by atoms with Crippen LogP contribution in [0.3, 0.4) is 0 Å². The highest BCUT2D eigenvalue weighted by Gasteiger charge is 2.09. The van der Waals surface area contributed by atoms with Crippen LogP contribution in [0.1, 0.15) is 24.8 Å². The van der Waals surface area contributed by atoms with Gasteiger partial charge in [-0.15, -0.1) is 0 Å². The first-order chi connectivity index (χ1) is 9.49. The van der Waals surface area contributed by atoms with Gasteiger partial charge in [-0.05, 0) is 43.6 Å². The molecule has 0 spiro atoms. The summed E-state index contributed by atoms with van der Waals surface area (Å²) < 4.78 is 0. The van der Waals surface area contributed by atoms with Crippen molar-refractivity contribution in [2.45, 2.75) is 25.8 Å². The van der Waals surface area contributed by atoms with Gasteiger partial charge in [0.05, 0.1) is 0 Å². The van der Waals surface area contributed by atoms with Crippen LogP contribution in [0.4, 0.5) is 0 Å². The van der Waals surface area contributed by atoms with Gasteiger partial charge in [0.25, 0.3) is 0 Å². The average Bonchev–Trinajstić information content (AvgIpc) is 2.43. The SMILES string of the molecule is Clc1ccc(CN2CCCCC2)cc1.O=C(O)C(=O)O. The second-order valence-electron chi connectivity index (χ2n) is 4.57. The third-order valence-corrected chi connectivity index (χ3v) is 3.20. The van der Waals surface area contributed by atoms with E-state index in [0.717, 1.165) is 11.6 Å². The van der Waals surface area contributed by atoms with E-state index < -0.39 is 11.9 Å². The zero-order chi connectivity index (χ0) is 15.0. The van der Waals surface area contributed by atoms with Gasteiger partial charge in [0.15, 0.2) is 0 Å². The van der Waals surface area contributed by atoms with E-state index in [4.69, 9.17) is 31.4 Å². The van der Waals surface area contributed by atoms with E-state index in [1.807, 2.05) is 12.1 Å². The molecule has 0 aromatic heterocycles. The minimum atomic E-state index is -1.82. The Morgan fingerprint density at radius 3 is 1.95 bits per heavy atom. The maximum atomic E-state index is 9.10. The number of carboxylic acids is 2. The molecule has 2 rings (SSSR count). The predicted molar refractivity (Wildman–Crippen MR) is 75.9 cm³/mol. The molecule has 1 aromatic carbocycles. The number of nitrogens with zero attached hydrogens (tertiary/aromatic N) is 1. The lowest BCUT2D eigenvalue weighted by atomic mass is 10.1. The summed E-state index contributed by atoms with van der Waals surface area (Å²) in [6, 6.07) is 8.19. The number of halogens is 1. The molecule has 1 heterocycles. The van der Waals surface area contributed by atoms with Gasteiger partial charge in [0.2, 0.25) is 0 Å². The third-order valence-electron chi connectivity index (χ3n) is 2.95. The summed E-state index contributed by atoms with van der Waals surface area (Å²) in [5.74, 6) is -3.65. The molecule has 1 fully saturated rings. The molecule has 1 aliphatic heterocycles. The van der Waals surface area contributed by atoms with Gasteiger partial charge in [0.1, 0.15) is 0 Å². The lowest BCUT2D eigenvalue weighted by Crippen LogP contribution is -2.28. The Kier molecular flexibility index (Phi) is 7.04. The van der Waals surface area contributed by atoms with Crippen molar-refractivity contribution in [2.24, 2.45) is 0 Å². The fourth-order valence-corrected chi connectivity index (χ4v) is 2.09. The molecule has 0 atom stereocenters. The van der Waals surface area contributed by atoms with E-state index in [1.165, 1.54) is 37.9 Å². The quantitative estimate of drug-likeness (QED) is 0.820. The molecule has 0 amide bonds. The van der Waals surface area contributed by atoms with E-state index in [2.05, 4.69) is 17.0 Å². The maximum absolute atomic E-state index is 9.10. The van der Waals surface area contributed by atoms with Crippen molar-refractivity contribution >= 4 is 23.5 Å². The smallest absolute Gasteiger partial charge is 0.414 e. The van der Waals surface area contributed by atoms with E-state index in [1.54, 1.807) is 0 Å². The largest absolute Gasteiger partial charge is 0.473 e. The summed E-state index contributed by atoms with van der Waals surface area (Å²) in [4.78, 5) is 20.7. The highest BCUT2D eigenvalue weighted by atomic mass is 35.5. The molecule has 0 bridgehead atoms. The minimum Gasteiger partial charge on any atom is -0.473 e. The minimum absolute atomic E-state index is 0.826. The number of piperidine rings is 1. The van der Waals surface area contributed by atoms with Gasteiger partial charge < -0.3 is 10.2 Å². The molecule has 2 N–H and O–H groups in total. The van der Waals surface area contributed by atoms with E-state index in [9.17, 15) is 0 Å². The van der Waals surface area contributed by atoms with Crippen LogP contribution in [0.5, 0.6) is 0 Å². The van der Waals surface area contributed by atoms with Crippen LogP contribution >= 0.6 is 11.6 Å². The summed E-state index contributed by atoms with van der Waals surface area (Å²) in [5, 5.41) is 15.6. The van der Waals surface area contributed by atoms with Gasteiger partial charge in [-0.25, -0.2) is 9.59 Å². The molecule has 110 valence electrons. The normalized spacial score (nSPS) is 15.1. The summed E-state index contributed by atoms with van der Waals surface area (Å²) in [7, 11) is 0. The first-order valence-corrected chi connectivity index (χ1v) is 6.80. The van der Waals surface area contributed by atoms with Crippen LogP contribution in [0.15, 0.2) is 24.3 Å². The number of carboxylic acid groups (broad SMARTS) is 2. The van der Waals surface area contributed by atoms with Crippen molar-refractivity contribution in [3.05, 3.63) is 34.9 Å². The zero-order valence-corrected chi connectivity index (χ0v) is 11.8. The number of hydrogen-bond acceptors (Lipinski definition) is 3. The third kappa shape index (κ3) is 6.54. The highest BCUT2D eigenvalue weighted by Crippen LogP contribution is 2.14. The predicted octanol–water partition coefficient (Wildman–Crippen LogP) is 2.48. The van der Waals surface area contributed by atoms with Crippen molar-refractivity contribution < 1.29 is 19.8 Å². The van der Waals surface area contributed by atoms with E-state index in [-0.39, 0.29) is 0 Å². The lowest BCUT2D eigenvalue weighted by molar-refractivity contribution is -0.159. The second-order valence-corrected chi connectivity index (χ2v) is 5.01. The Hall–Kier alpha value is -1.59. The fourth-order valence-electron chi connectivity index (χ4n) is 1.97. The number of benzene rings is 1. The Morgan fingerprint density at radius 2 is 1.50 bits per heavy atom. The second kappa shape index (κ2) is 8.55. The molecular weight excluding hydrogens is 282 g/mol.